The van der Waals surface area contributed by atoms with Gasteiger partial charge in [-0.25, -0.2) is 0 Å². The maximum atomic E-state index is 5.11. The predicted molar refractivity (Wildman–Crippen MR) is 143 cm³/mol. The zero-order chi connectivity index (χ0) is 25.2. The summed E-state index contributed by atoms with van der Waals surface area (Å²) >= 11 is 0. The molecule has 4 heterocycles. The monoisotopic (exact) mass is 675 g/mol. The number of nitrogens with zero attached hydrogens (tertiary/aromatic N) is 6. The molecule has 0 fully saturated rings. The van der Waals surface area contributed by atoms with Gasteiger partial charge in [0.15, 0.2) is 0 Å². The average molecular weight is 676 g/mol. The maximum absolute atomic E-state index is 5.11. The summed E-state index contributed by atoms with van der Waals surface area (Å²) < 4.78 is 3.38. The van der Waals surface area contributed by atoms with Crippen LogP contribution in [0.25, 0.3) is 33.9 Å². The van der Waals surface area contributed by atoms with Gasteiger partial charge in [-0.05, 0) is 48.2 Å². The molecule has 6 nitrogen and oxygen atoms in total. The fraction of sp³-hybridized carbons (Fsp3) is 0.0968. The van der Waals surface area contributed by atoms with Crippen molar-refractivity contribution in [3.05, 3.63) is 133 Å². The van der Waals surface area contributed by atoms with E-state index in [1.807, 2.05) is 36.4 Å². The van der Waals surface area contributed by atoms with Gasteiger partial charge in [0, 0.05) is 16.8 Å². The molecular formula is C31H24N6Pt. The molecular weight excluding hydrogens is 651 g/mol. The first-order valence-electron chi connectivity index (χ1n) is 12.1. The van der Waals surface area contributed by atoms with Crippen LogP contribution in [0.4, 0.5) is 0 Å². The zero-order valence-corrected chi connectivity index (χ0v) is 23.2. The van der Waals surface area contributed by atoms with Crippen LogP contribution < -0.4 is 0 Å². The summed E-state index contributed by atoms with van der Waals surface area (Å²) in [5.41, 5.74) is 5.36. The first kappa shape index (κ1) is 25.5. The fourth-order valence-electron chi connectivity index (χ4n) is 4.44. The Morgan fingerprint density at radius 1 is 0.579 bits per heavy atom. The van der Waals surface area contributed by atoms with E-state index in [1.54, 1.807) is 33.9 Å². The predicted octanol–water partition coefficient (Wildman–Crippen LogP) is 6.11. The Labute approximate surface area is 236 Å². The molecule has 0 bridgehead atoms. The Bertz CT molecular complexity index is 1500. The van der Waals surface area contributed by atoms with Crippen LogP contribution in [-0.2, 0) is 26.5 Å². The molecule has 0 radical (unpaired) electrons. The largest absolute Gasteiger partial charge is 2.00 e. The van der Waals surface area contributed by atoms with Crippen LogP contribution in [0.1, 0.15) is 25.2 Å². The number of rotatable bonds is 6. The van der Waals surface area contributed by atoms with E-state index < -0.39 is 5.41 Å². The summed E-state index contributed by atoms with van der Waals surface area (Å²) in [5.74, 6) is 1.45. The number of hydrogen-bond donors (Lipinski definition) is 0. The number of benzene rings is 2. The molecule has 0 atom stereocenters. The summed E-state index contributed by atoms with van der Waals surface area (Å²) in [6.07, 6.45) is 9.72. The molecule has 0 aliphatic carbocycles. The summed E-state index contributed by atoms with van der Waals surface area (Å²) in [7, 11) is 0. The van der Waals surface area contributed by atoms with Gasteiger partial charge >= 0.3 is 21.1 Å². The van der Waals surface area contributed by atoms with E-state index >= 15 is 0 Å². The molecule has 7 heteroatoms. The van der Waals surface area contributed by atoms with Crippen molar-refractivity contribution in [1.82, 2.24) is 29.5 Å². The summed E-state index contributed by atoms with van der Waals surface area (Å²) in [6, 6.07) is 32.3. The molecule has 0 N–H and O–H groups in total. The van der Waals surface area contributed by atoms with E-state index in [-0.39, 0.29) is 21.1 Å². The molecule has 0 aliphatic rings. The van der Waals surface area contributed by atoms with E-state index in [9.17, 15) is 0 Å². The second kappa shape index (κ2) is 10.7. The Morgan fingerprint density at radius 2 is 1.00 bits per heavy atom. The van der Waals surface area contributed by atoms with Gasteiger partial charge in [0.1, 0.15) is 0 Å². The molecule has 0 saturated heterocycles. The van der Waals surface area contributed by atoms with E-state index in [0.29, 0.717) is 0 Å². The van der Waals surface area contributed by atoms with Crippen molar-refractivity contribution in [2.75, 3.05) is 0 Å². The molecule has 0 saturated carbocycles. The molecule has 0 spiro atoms. The van der Waals surface area contributed by atoms with Crippen molar-refractivity contribution in [2.24, 2.45) is 0 Å². The SMILES string of the molecule is CC(C)(c1ccc(-c2ccccc2)c(-n2[c-]ccn2)n1)c1ccc(-c2ccccc2)c(-n2[c-]ccn2)n1.[Pt+2]. The number of hydrogen-bond acceptors (Lipinski definition) is 4. The van der Waals surface area contributed by atoms with Crippen LogP contribution in [0, 0.1) is 12.4 Å². The van der Waals surface area contributed by atoms with Crippen molar-refractivity contribution >= 4 is 0 Å². The second-order valence-electron chi connectivity index (χ2n) is 9.24. The van der Waals surface area contributed by atoms with Crippen LogP contribution in [0.15, 0.2) is 109 Å². The van der Waals surface area contributed by atoms with Crippen molar-refractivity contribution in [3.8, 4) is 33.9 Å². The van der Waals surface area contributed by atoms with Crippen LogP contribution in [0.5, 0.6) is 0 Å². The van der Waals surface area contributed by atoms with Gasteiger partial charge in [-0.15, -0.1) is 12.1 Å². The number of aromatic nitrogens is 6. The first-order chi connectivity index (χ1) is 18.1. The standard InChI is InChI=1S/C31H24N6.Pt/c1-31(2,27-17-15-25(23-11-5-3-6-12-23)29(34-27)36-21-9-19-32-36)28-18-16-26(24-13-7-4-8-14-24)30(35-28)37-22-10-20-33-37;/h3-20H,1-2H3;/q-2;+2. The Kier molecular flexibility index (Phi) is 7.17. The minimum absolute atomic E-state index is 0. The van der Waals surface area contributed by atoms with Crippen molar-refractivity contribution in [3.63, 3.8) is 0 Å². The van der Waals surface area contributed by atoms with E-state index in [1.165, 1.54) is 0 Å². The van der Waals surface area contributed by atoms with Gasteiger partial charge in [0.05, 0.1) is 11.6 Å². The molecule has 6 rings (SSSR count). The third kappa shape index (κ3) is 4.75. The molecule has 38 heavy (non-hydrogen) atoms. The first-order valence-corrected chi connectivity index (χ1v) is 12.1. The molecule has 2 aromatic carbocycles. The van der Waals surface area contributed by atoms with Gasteiger partial charge in [-0.2, -0.15) is 0 Å². The van der Waals surface area contributed by atoms with Gasteiger partial charge in [-0.1, -0.05) is 97.6 Å². The van der Waals surface area contributed by atoms with Crippen LogP contribution in [0.3, 0.4) is 0 Å². The quantitative estimate of drug-likeness (QED) is 0.200. The third-order valence-corrected chi connectivity index (χ3v) is 6.51. The summed E-state index contributed by atoms with van der Waals surface area (Å²) in [4.78, 5) is 10.2. The Balaban J connectivity index is 0.00000294. The van der Waals surface area contributed by atoms with Crippen LogP contribution in [-0.4, -0.2) is 29.5 Å². The summed E-state index contributed by atoms with van der Waals surface area (Å²) in [5, 5.41) is 8.86. The molecule has 188 valence electrons. The Hall–Kier alpha value is -4.15. The van der Waals surface area contributed by atoms with E-state index in [4.69, 9.17) is 9.97 Å². The normalized spacial score (nSPS) is 11.2. The average Bonchev–Trinajstić information content (AvgIpc) is 3.69. The number of pyridine rings is 2. The summed E-state index contributed by atoms with van der Waals surface area (Å²) in [6.45, 7) is 4.27. The van der Waals surface area contributed by atoms with Gasteiger partial charge in [-0.3, -0.25) is 20.2 Å². The molecule has 0 aliphatic heterocycles. The van der Waals surface area contributed by atoms with Crippen molar-refractivity contribution < 1.29 is 21.1 Å². The smallest absolute Gasteiger partial charge is 0.343 e. The van der Waals surface area contributed by atoms with Gasteiger partial charge in [0.25, 0.3) is 0 Å². The minimum atomic E-state index is -0.506. The molecule has 0 unspecified atom stereocenters. The minimum Gasteiger partial charge on any atom is -0.343 e. The van der Waals surface area contributed by atoms with Crippen LogP contribution >= 0.6 is 0 Å². The molecule has 0 amide bonds. The second-order valence-corrected chi connectivity index (χ2v) is 9.24. The van der Waals surface area contributed by atoms with E-state index in [2.05, 4.69) is 85.0 Å². The third-order valence-electron chi connectivity index (χ3n) is 6.51. The van der Waals surface area contributed by atoms with Gasteiger partial charge in [0.2, 0.25) is 0 Å². The molecule has 4 aromatic heterocycles. The van der Waals surface area contributed by atoms with Crippen molar-refractivity contribution in [2.45, 2.75) is 19.3 Å². The topological polar surface area (TPSA) is 61.4 Å². The van der Waals surface area contributed by atoms with Gasteiger partial charge < -0.3 is 9.36 Å². The fourth-order valence-corrected chi connectivity index (χ4v) is 4.44. The van der Waals surface area contributed by atoms with Crippen molar-refractivity contribution in [1.29, 1.82) is 0 Å². The van der Waals surface area contributed by atoms with Crippen LogP contribution in [0.2, 0.25) is 0 Å². The molecule has 6 aromatic rings. The van der Waals surface area contributed by atoms with E-state index in [0.717, 1.165) is 45.3 Å². The Morgan fingerprint density at radius 3 is 1.37 bits per heavy atom. The zero-order valence-electron chi connectivity index (χ0n) is 20.9. The maximum Gasteiger partial charge on any atom is 2.00 e.